The molecule has 0 saturated heterocycles. The van der Waals surface area contributed by atoms with E-state index in [-0.39, 0.29) is 23.6 Å². The van der Waals surface area contributed by atoms with Crippen LogP contribution in [-0.4, -0.2) is 10.9 Å². The van der Waals surface area contributed by atoms with Crippen LogP contribution in [0.1, 0.15) is 15.9 Å². The van der Waals surface area contributed by atoms with Gasteiger partial charge < -0.3 is 16.2 Å². The van der Waals surface area contributed by atoms with Gasteiger partial charge in [0, 0.05) is 24.4 Å². The van der Waals surface area contributed by atoms with E-state index in [1.165, 1.54) is 30.5 Å². The van der Waals surface area contributed by atoms with Crippen LogP contribution in [0.4, 0.5) is 4.39 Å². The van der Waals surface area contributed by atoms with Gasteiger partial charge in [0.2, 0.25) is 11.8 Å². The van der Waals surface area contributed by atoms with Gasteiger partial charge in [-0.3, -0.25) is 4.79 Å². The van der Waals surface area contributed by atoms with Crippen LogP contribution in [0, 0.1) is 5.82 Å². The highest BCUT2D eigenvalue weighted by Gasteiger charge is 2.09. The Morgan fingerprint density at radius 3 is 2.68 bits per heavy atom. The molecule has 0 saturated carbocycles. The van der Waals surface area contributed by atoms with Gasteiger partial charge in [0.25, 0.3) is 0 Å². The van der Waals surface area contributed by atoms with Gasteiger partial charge in [0.15, 0.2) is 0 Å². The largest absolute Gasteiger partial charge is 0.439 e. The first-order valence-corrected chi connectivity index (χ1v) is 5.53. The zero-order chi connectivity index (χ0) is 13.8. The van der Waals surface area contributed by atoms with Gasteiger partial charge >= 0.3 is 0 Å². The number of nitrogens with two attached hydrogens (primary N) is 2. The minimum Gasteiger partial charge on any atom is -0.439 e. The molecule has 2 aromatic rings. The van der Waals surface area contributed by atoms with E-state index in [0.717, 1.165) is 0 Å². The molecule has 0 atom stereocenters. The zero-order valence-corrected chi connectivity index (χ0v) is 9.97. The van der Waals surface area contributed by atoms with Crippen molar-refractivity contribution in [2.75, 3.05) is 0 Å². The van der Waals surface area contributed by atoms with Gasteiger partial charge in [-0.1, -0.05) is 6.07 Å². The fraction of sp³-hybridized carbons (Fsp3) is 0.0769. The summed E-state index contributed by atoms with van der Waals surface area (Å²) in [6.07, 6.45) is 1.29. The summed E-state index contributed by atoms with van der Waals surface area (Å²) in [6.45, 7) is 0.0153. The van der Waals surface area contributed by atoms with E-state index < -0.39 is 11.7 Å². The normalized spacial score (nSPS) is 10.2. The van der Waals surface area contributed by atoms with Crippen molar-refractivity contribution in [3.8, 4) is 11.6 Å². The van der Waals surface area contributed by atoms with Gasteiger partial charge in [0.05, 0.1) is 5.56 Å². The number of carbonyl (C=O) groups excluding carboxylic acids is 1. The Morgan fingerprint density at radius 1 is 1.32 bits per heavy atom. The first kappa shape index (κ1) is 13.0. The summed E-state index contributed by atoms with van der Waals surface area (Å²) in [4.78, 5) is 14.8. The van der Waals surface area contributed by atoms with Gasteiger partial charge in [-0.15, -0.1) is 0 Å². The van der Waals surface area contributed by atoms with Crippen molar-refractivity contribution in [3.05, 3.63) is 53.5 Å². The Morgan fingerprint density at radius 2 is 2.11 bits per heavy atom. The second-order valence-electron chi connectivity index (χ2n) is 3.77. The third-order valence-electron chi connectivity index (χ3n) is 2.52. The lowest BCUT2D eigenvalue weighted by Gasteiger charge is -2.09. The molecule has 0 fully saturated rings. The van der Waals surface area contributed by atoms with E-state index >= 15 is 0 Å². The predicted octanol–water partition coefficient (Wildman–Crippen LogP) is 1.57. The van der Waals surface area contributed by atoms with E-state index in [1.807, 2.05) is 0 Å². The molecule has 1 heterocycles. The number of halogens is 1. The SMILES string of the molecule is NCc1c(F)cccc1Oc1ccc(C(N)=O)cn1. The number of hydrogen-bond acceptors (Lipinski definition) is 4. The van der Waals surface area contributed by atoms with Gasteiger partial charge in [-0.05, 0) is 18.2 Å². The van der Waals surface area contributed by atoms with Crippen LogP contribution in [-0.2, 0) is 6.54 Å². The smallest absolute Gasteiger partial charge is 0.250 e. The third kappa shape index (κ3) is 2.86. The summed E-state index contributed by atoms with van der Waals surface area (Å²) >= 11 is 0. The molecular formula is C13H12FN3O2. The lowest BCUT2D eigenvalue weighted by Crippen LogP contribution is -2.11. The second-order valence-corrected chi connectivity index (χ2v) is 3.77. The minimum atomic E-state index is -0.576. The van der Waals surface area contributed by atoms with Crippen molar-refractivity contribution in [1.82, 2.24) is 4.98 Å². The van der Waals surface area contributed by atoms with Crippen LogP contribution in [0.15, 0.2) is 36.5 Å². The molecule has 0 bridgehead atoms. The highest BCUT2D eigenvalue weighted by molar-refractivity contribution is 5.92. The molecule has 98 valence electrons. The number of amides is 1. The minimum absolute atomic E-state index is 0.0153. The van der Waals surface area contributed by atoms with Crippen molar-refractivity contribution < 1.29 is 13.9 Å². The molecule has 2 rings (SSSR count). The summed E-state index contributed by atoms with van der Waals surface area (Å²) in [5.41, 5.74) is 11.1. The van der Waals surface area contributed by atoms with Crippen molar-refractivity contribution in [2.24, 2.45) is 11.5 Å². The Labute approximate surface area is 109 Å². The zero-order valence-electron chi connectivity index (χ0n) is 9.97. The molecule has 0 aliphatic heterocycles. The molecule has 0 radical (unpaired) electrons. The van der Waals surface area contributed by atoms with Crippen molar-refractivity contribution in [1.29, 1.82) is 0 Å². The molecule has 0 aliphatic carbocycles. The topological polar surface area (TPSA) is 91.2 Å². The fourth-order valence-corrected chi connectivity index (χ4v) is 1.53. The van der Waals surface area contributed by atoms with Gasteiger partial charge in [0.1, 0.15) is 11.6 Å². The fourth-order valence-electron chi connectivity index (χ4n) is 1.53. The molecule has 6 heteroatoms. The van der Waals surface area contributed by atoms with E-state index in [4.69, 9.17) is 16.2 Å². The number of nitrogens with zero attached hydrogens (tertiary/aromatic N) is 1. The Bertz CT molecular complexity index is 599. The maximum absolute atomic E-state index is 13.5. The first-order chi connectivity index (χ1) is 9.11. The Balaban J connectivity index is 2.26. The van der Waals surface area contributed by atoms with Crippen molar-refractivity contribution in [3.63, 3.8) is 0 Å². The van der Waals surface area contributed by atoms with Crippen LogP contribution in [0.25, 0.3) is 0 Å². The highest BCUT2D eigenvalue weighted by Crippen LogP contribution is 2.25. The van der Waals surface area contributed by atoms with Crippen LogP contribution in [0.5, 0.6) is 11.6 Å². The number of hydrogen-bond donors (Lipinski definition) is 2. The lowest BCUT2D eigenvalue weighted by atomic mass is 10.2. The number of rotatable bonds is 4. The van der Waals surface area contributed by atoms with E-state index in [9.17, 15) is 9.18 Å². The third-order valence-corrected chi connectivity index (χ3v) is 2.52. The van der Waals surface area contributed by atoms with E-state index in [2.05, 4.69) is 4.98 Å². The van der Waals surface area contributed by atoms with Crippen LogP contribution in [0.2, 0.25) is 0 Å². The molecule has 0 spiro atoms. The molecule has 19 heavy (non-hydrogen) atoms. The van der Waals surface area contributed by atoms with Crippen molar-refractivity contribution in [2.45, 2.75) is 6.54 Å². The molecule has 4 N–H and O–H groups in total. The number of benzene rings is 1. The molecule has 1 aromatic heterocycles. The average Bonchev–Trinajstić information content (AvgIpc) is 2.39. The Hall–Kier alpha value is -2.47. The van der Waals surface area contributed by atoms with Gasteiger partial charge in [-0.2, -0.15) is 0 Å². The maximum atomic E-state index is 13.5. The molecular weight excluding hydrogens is 249 g/mol. The second kappa shape index (κ2) is 5.45. The summed E-state index contributed by atoms with van der Waals surface area (Å²) in [6, 6.07) is 7.37. The first-order valence-electron chi connectivity index (χ1n) is 5.53. The molecule has 0 aliphatic rings. The van der Waals surface area contributed by atoms with Crippen LogP contribution >= 0.6 is 0 Å². The Kier molecular flexibility index (Phi) is 3.72. The summed E-state index contributed by atoms with van der Waals surface area (Å²) < 4.78 is 18.9. The van der Waals surface area contributed by atoms with Gasteiger partial charge in [-0.25, -0.2) is 9.37 Å². The molecule has 5 nitrogen and oxygen atoms in total. The monoisotopic (exact) mass is 261 g/mol. The average molecular weight is 261 g/mol. The van der Waals surface area contributed by atoms with Crippen LogP contribution < -0.4 is 16.2 Å². The lowest BCUT2D eigenvalue weighted by molar-refractivity contribution is 0.1000. The predicted molar refractivity (Wildman–Crippen MR) is 67.1 cm³/mol. The summed E-state index contributed by atoms with van der Waals surface area (Å²) in [7, 11) is 0. The summed E-state index contributed by atoms with van der Waals surface area (Å²) in [5, 5.41) is 0. The van der Waals surface area contributed by atoms with Crippen LogP contribution in [0.3, 0.4) is 0 Å². The number of carbonyl (C=O) groups is 1. The maximum Gasteiger partial charge on any atom is 0.250 e. The van der Waals surface area contributed by atoms with E-state index in [0.29, 0.717) is 5.75 Å². The highest BCUT2D eigenvalue weighted by atomic mass is 19.1. The van der Waals surface area contributed by atoms with E-state index in [1.54, 1.807) is 6.07 Å². The molecule has 0 unspecified atom stereocenters. The summed E-state index contributed by atoms with van der Waals surface area (Å²) in [5.74, 6) is -0.492. The number of pyridine rings is 1. The molecule has 1 amide bonds. The standard InChI is InChI=1S/C13H12FN3O2/c14-10-2-1-3-11(9(10)6-15)19-12-5-4-8(7-17-12)13(16)18/h1-5,7H,6,15H2,(H2,16,18). The quantitative estimate of drug-likeness (QED) is 0.873. The van der Waals surface area contributed by atoms with Crippen molar-refractivity contribution >= 4 is 5.91 Å². The number of ether oxygens (including phenoxy) is 1. The number of aromatic nitrogens is 1. The number of primary amides is 1. The molecule has 1 aromatic carbocycles.